The van der Waals surface area contributed by atoms with Crippen molar-refractivity contribution >= 4 is 22.6 Å². The molecule has 6 heteroatoms. The van der Waals surface area contributed by atoms with E-state index in [1.807, 2.05) is 50.2 Å². The molecule has 2 aromatic carbocycles. The van der Waals surface area contributed by atoms with Crippen molar-refractivity contribution in [3.05, 3.63) is 47.0 Å². The Labute approximate surface area is 156 Å². The summed E-state index contributed by atoms with van der Waals surface area (Å²) in [6.07, 6.45) is 1.22. The van der Waals surface area contributed by atoms with Gasteiger partial charge in [0.05, 0.1) is 23.6 Å². The van der Waals surface area contributed by atoms with E-state index in [-0.39, 0.29) is 0 Å². The second-order valence-corrected chi connectivity index (χ2v) is 6.50. The van der Waals surface area contributed by atoms with Gasteiger partial charge < -0.3 is 18.7 Å². The van der Waals surface area contributed by atoms with Crippen molar-refractivity contribution in [2.24, 2.45) is 0 Å². The van der Waals surface area contributed by atoms with Crippen molar-refractivity contribution in [3.8, 4) is 17.0 Å². The van der Waals surface area contributed by atoms with Crippen molar-refractivity contribution in [1.29, 1.82) is 0 Å². The second-order valence-electron chi connectivity index (χ2n) is 6.09. The number of ether oxygens (including phenoxy) is 3. The van der Waals surface area contributed by atoms with Gasteiger partial charge in [-0.3, -0.25) is 0 Å². The number of aryl methyl sites for hydroxylation is 1. The zero-order valence-corrected chi connectivity index (χ0v) is 15.5. The first-order valence-corrected chi connectivity index (χ1v) is 9.18. The summed E-state index contributed by atoms with van der Waals surface area (Å²) >= 11 is 6.56. The molecule has 0 N–H and O–H groups in total. The third-order valence-corrected chi connectivity index (χ3v) is 4.76. The largest absolute Gasteiger partial charge is 0.437 e. The molecule has 1 aliphatic heterocycles. The molecule has 0 amide bonds. The average Bonchev–Trinajstić information content (AvgIpc) is 3.07. The molecule has 3 aromatic rings. The minimum Gasteiger partial charge on any atom is -0.437 e. The minimum atomic E-state index is -1.10. The van der Waals surface area contributed by atoms with Crippen LogP contribution in [0.3, 0.4) is 0 Å². The number of nitrogens with zero attached hydrogens (tertiary/aromatic N) is 1. The highest BCUT2D eigenvalue weighted by Gasteiger charge is 2.41. The van der Waals surface area contributed by atoms with Gasteiger partial charge in [0.2, 0.25) is 0 Å². The van der Waals surface area contributed by atoms with E-state index >= 15 is 0 Å². The van der Waals surface area contributed by atoms with Crippen LogP contribution in [0.25, 0.3) is 22.2 Å². The second kappa shape index (κ2) is 6.91. The Kier molecular flexibility index (Phi) is 4.61. The number of fused-ring (bicyclic) bond motifs is 3. The molecule has 5 nitrogen and oxygen atoms in total. The van der Waals surface area contributed by atoms with Gasteiger partial charge >= 0.3 is 5.97 Å². The van der Waals surface area contributed by atoms with Crippen molar-refractivity contribution in [3.63, 3.8) is 0 Å². The number of hydrogen-bond donors (Lipinski definition) is 0. The molecule has 1 aliphatic rings. The van der Waals surface area contributed by atoms with Crippen LogP contribution in [0.15, 0.2) is 40.9 Å². The van der Waals surface area contributed by atoms with Crippen molar-refractivity contribution < 1.29 is 18.7 Å². The van der Waals surface area contributed by atoms with Gasteiger partial charge in [0.25, 0.3) is 0 Å². The standard InChI is InChI=1S/C20H20ClNO4/c1-3-23-20(24-4-2)11-10-14-18-15(12-16(21)19(14)25-20)17(22-26-18)13-8-6-5-7-9-13/h5-9,12H,3-4,10-11H2,1-2H3. The number of hydrogen-bond acceptors (Lipinski definition) is 5. The number of rotatable bonds is 5. The summed E-state index contributed by atoms with van der Waals surface area (Å²) in [7, 11) is 0. The average molecular weight is 374 g/mol. The quantitative estimate of drug-likeness (QED) is 0.575. The van der Waals surface area contributed by atoms with Gasteiger partial charge in [0.15, 0.2) is 11.3 Å². The molecule has 0 saturated carbocycles. The molecule has 0 fully saturated rings. The molecule has 0 unspecified atom stereocenters. The molecule has 2 heterocycles. The highest BCUT2D eigenvalue weighted by Crippen LogP contribution is 2.45. The monoisotopic (exact) mass is 373 g/mol. The van der Waals surface area contributed by atoms with E-state index < -0.39 is 5.97 Å². The third kappa shape index (κ3) is 2.86. The van der Waals surface area contributed by atoms with Crippen LogP contribution in [0.5, 0.6) is 5.75 Å². The molecule has 0 radical (unpaired) electrons. The van der Waals surface area contributed by atoms with E-state index in [2.05, 4.69) is 5.16 Å². The highest BCUT2D eigenvalue weighted by molar-refractivity contribution is 6.33. The lowest BCUT2D eigenvalue weighted by molar-refractivity contribution is -0.347. The van der Waals surface area contributed by atoms with Gasteiger partial charge in [-0.05, 0) is 26.3 Å². The molecule has 136 valence electrons. The lowest BCUT2D eigenvalue weighted by atomic mass is 9.99. The van der Waals surface area contributed by atoms with Crippen molar-refractivity contribution in [1.82, 2.24) is 5.16 Å². The summed E-state index contributed by atoms with van der Waals surface area (Å²) in [4.78, 5) is 0. The van der Waals surface area contributed by atoms with E-state index in [0.29, 0.717) is 42.4 Å². The summed E-state index contributed by atoms with van der Waals surface area (Å²) in [6, 6.07) is 11.7. The number of aromatic nitrogens is 1. The Bertz CT molecular complexity index is 916. The highest BCUT2D eigenvalue weighted by atomic mass is 35.5. The predicted octanol–water partition coefficient (Wildman–Crippen LogP) is 5.20. The zero-order chi connectivity index (χ0) is 18.1. The maximum Gasteiger partial charge on any atom is 0.327 e. The van der Waals surface area contributed by atoms with E-state index in [0.717, 1.165) is 22.2 Å². The molecule has 0 saturated heterocycles. The maximum absolute atomic E-state index is 6.56. The van der Waals surface area contributed by atoms with Crippen LogP contribution in [0.2, 0.25) is 5.02 Å². The molecule has 0 atom stereocenters. The minimum absolute atomic E-state index is 0.482. The van der Waals surface area contributed by atoms with Crippen LogP contribution >= 0.6 is 11.6 Å². The number of benzene rings is 2. The fourth-order valence-corrected chi connectivity index (χ4v) is 3.66. The summed E-state index contributed by atoms with van der Waals surface area (Å²) in [5, 5.41) is 5.65. The molecule has 1 aromatic heterocycles. The van der Waals surface area contributed by atoms with Crippen LogP contribution in [0.4, 0.5) is 0 Å². The molecule has 0 bridgehead atoms. The van der Waals surface area contributed by atoms with Crippen LogP contribution in [0, 0.1) is 0 Å². The lowest BCUT2D eigenvalue weighted by Crippen LogP contribution is -2.45. The van der Waals surface area contributed by atoms with Crippen LogP contribution in [0.1, 0.15) is 25.8 Å². The Hall–Kier alpha value is -2.08. The first-order valence-electron chi connectivity index (χ1n) is 8.80. The van der Waals surface area contributed by atoms with E-state index in [4.69, 9.17) is 30.3 Å². The summed E-state index contributed by atoms with van der Waals surface area (Å²) < 4.78 is 23.3. The third-order valence-electron chi connectivity index (χ3n) is 4.48. The van der Waals surface area contributed by atoms with E-state index in [1.54, 1.807) is 0 Å². The zero-order valence-electron chi connectivity index (χ0n) is 14.8. The fourth-order valence-electron chi connectivity index (χ4n) is 3.40. The first kappa shape index (κ1) is 17.3. The molecular weight excluding hydrogens is 354 g/mol. The maximum atomic E-state index is 6.56. The summed E-state index contributed by atoms with van der Waals surface area (Å²) in [5.74, 6) is -0.557. The first-order chi connectivity index (χ1) is 12.7. The van der Waals surface area contributed by atoms with E-state index in [1.165, 1.54) is 0 Å². The molecule has 0 aliphatic carbocycles. The van der Waals surface area contributed by atoms with Crippen LogP contribution in [-0.2, 0) is 15.9 Å². The van der Waals surface area contributed by atoms with Gasteiger partial charge in [-0.2, -0.15) is 0 Å². The molecular formula is C20H20ClNO4. The Morgan fingerprint density at radius 1 is 1.15 bits per heavy atom. The van der Waals surface area contributed by atoms with Crippen LogP contribution < -0.4 is 4.74 Å². The molecule has 26 heavy (non-hydrogen) atoms. The smallest absolute Gasteiger partial charge is 0.327 e. The van der Waals surface area contributed by atoms with Gasteiger partial charge in [-0.25, -0.2) is 0 Å². The topological polar surface area (TPSA) is 53.7 Å². The van der Waals surface area contributed by atoms with Gasteiger partial charge in [-0.15, -0.1) is 0 Å². The lowest BCUT2D eigenvalue weighted by Gasteiger charge is -2.37. The summed E-state index contributed by atoms with van der Waals surface area (Å²) in [6.45, 7) is 4.78. The SMILES string of the molecule is CCOC1(OCC)CCc2c(c(Cl)cc3c(-c4ccccc4)noc23)O1. The predicted molar refractivity (Wildman–Crippen MR) is 99.4 cm³/mol. The van der Waals surface area contributed by atoms with Crippen molar-refractivity contribution in [2.75, 3.05) is 13.2 Å². The van der Waals surface area contributed by atoms with Gasteiger partial charge in [0.1, 0.15) is 5.69 Å². The fraction of sp³-hybridized carbons (Fsp3) is 0.350. The molecule has 0 spiro atoms. The Morgan fingerprint density at radius 2 is 1.88 bits per heavy atom. The Balaban J connectivity index is 1.81. The van der Waals surface area contributed by atoms with Crippen molar-refractivity contribution in [2.45, 2.75) is 32.7 Å². The Morgan fingerprint density at radius 3 is 2.58 bits per heavy atom. The van der Waals surface area contributed by atoms with E-state index in [9.17, 15) is 0 Å². The normalized spacial score (nSPS) is 15.7. The molecule has 4 rings (SSSR count). The van der Waals surface area contributed by atoms with Gasteiger partial charge in [-0.1, -0.05) is 47.1 Å². The number of halogens is 1. The van der Waals surface area contributed by atoms with Gasteiger partial charge in [0, 0.05) is 17.5 Å². The summed E-state index contributed by atoms with van der Waals surface area (Å²) in [5.41, 5.74) is 3.36. The van der Waals surface area contributed by atoms with Crippen LogP contribution in [-0.4, -0.2) is 24.3 Å².